The van der Waals surface area contributed by atoms with E-state index in [1.807, 2.05) is 0 Å². The fourth-order valence-electron chi connectivity index (χ4n) is 2.42. The van der Waals surface area contributed by atoms with E-state index in [1.165, 1.54) is 22.0 Å². The van der Waals surface area contributed by atoms with Crippen molar-refractivity contribution in [1.82, 2.24) is 5.32 Å². The number of fused-ring (bicyclic) bond motifs is 1. The number of methoxy groups -OCH3 is 1. The summed E-state index contributed by atoms with van der Waals surface area (Å²) >= 11 is 3.62. The van der Waals surface area contributed by atoms with Crippen LogP contribution in [0.1, 0.15) is 30.5 Å². The van der Waals surface area contributed by atoms with Gasteiger partial charge >= 0.3 is 0 Å². The van der Waals surface area contributed by atoms with Crippen LogP contribution in [0.2, 0.25) is 0 Å². The van der Waals surface area contributed by atoms with Crippen molar-refractivity contribution in [2.75, 3.05) is 13.7 Å². The van der Waals surface area contributed by atoms with Gasteiger partial charge in [-0.05, 0) is 37.0 Å². The zero-order valence-corrected chi connectivity index (χ0v) is 11.4. The van der Waals surface area contributed by atoms with Gasteiger partial charge in [0, 0.05) is 23.7 Å². The number of nitrogens with one attached hydrogen (secondary N) is 1. The first-order valence-corrected chi connectivity index (χ1v) is 6.54. The van der Waals surface area contributed by atoms with Gasteiger partial charge in [-0.2, -0.15) is 0 Å². The van der Waals surface area contributed by atoms with E-state index in [2.05, 4.69) is 46.4 Å². The Hall–Kier alpha value is -0.380. The Labute approximate surface area is 106 Å². The highest BCUT2D eigenvalue weighted by Crippen LogP contribution is 2.35. The Kier molecular flexibility index (Phi) is 4.00. The Morgan fingerprint density at radius 2 is 2.38 bits per heavy atom. The van der Waals surface area contributed by atoms with Crippen molar-refractivity contribution in [1.29, 1.82) is 0 Å². The maximum absolute atomic E-state index is 5.15. The average Bonchev–Trinajstić information content (AvgIpc) is 2.64. The van der Waals surface area contributed by atoms with Crippen LogP contribution in [-0.4, -0.2) is 19.8 Å². The summed E-state index contributed by atoms with van der Waals surface area (Å²) in [5, 5.41) is 3.62. The van der Waals surface area contributed by atoms with E-state index in [-0.39, 0.29) is 0 Å². The lowest BCUT2D eigenvalue weighted by Crippen LogP contribution is -2.32. The molecule has 1 aromatic rings. The molecule has 2 rings (SSSR count). The van der Waals surface area contributed by atoms with Crippen LogP contribution < -0.4 is 5.32 Å². The fourth-order valence-corrected chi connectivity index (χ4v) is 3.00. The van der Waals surface area contributed by atoms with E-state index < -0.39 is 0 Å². The van der Waals surface area contributed by atoms with Crippen LogP contribution in [0.5, 0.6) is 0 Å². The third-order valence-corrected chi connectivity index (χ3v) is 3.86. The lowest BCUT2D eigenvalue weighted by molar-refractivity contribution is 0.166. The Balaban J connectivity index is 2.09. The molecule has 1 N–H and O–H groups in total. The SMILES string of the molecule is COCC(C)NC1CCc2c(Br)cccc21. The molecule has 2 nitrogen and oxygen atoms in total. The maximum atomic E-state index is 5.15. The molecule has 1 aliphatic rings. The van der Waals surface area contributed by atoms with Crippen molar-refractivity contribution in [3.63, 3.8) is 0 Å². The van der Waals surface area contributed by atoms with E-state index in [0.29, 0.717) is 12.1 Å². The Morgan fingerprint density at radius 3 is 3.12 bits per heavy atom. The molecule has 0 amide bonds. The highest BCUT2D eigenvalue weighted by Gasteiger charge is 2.24. The first-order valence-electron chi connectivity index (χ1n) is 5.74. The zero-order chi connectivity index (χ0) is 11.5. The molecule has 0 aliphatic heterocycles. The lowest BCUT2D eigenvalue weighted by atomic mass is 10.1. The Morgan fingerprint density at radius 1 is 1.56 bits per heavy atom. The minimum Gasteiger partial charge on any atom is -0.383 e. The highest BCUT2D eigenvalue weighted by molar-refractivity contribution is 9.10. The number of benzene rings is 1. The van der Waals surface area contributed by atoms with Crippen molar-refractivity contribution in [2.45, 2.75) is 31.8 Å². The molecule has 1 aromatic carbocycles. The average molecular weight is 284 g/mol. The summed E-state index contributed by atoms with van der Waals surface area (Å²) in [4.78, 5) is 0. The minimum atomic E-state index is 0.403. The molecule has 0 heterocycles. The van der Waals surface area contributed by atoms with E-state index in [4.69, 9.17) is 4.74 Å². The van der Waals surface area contributed by atoms with Gasteiger partial charge in [0.2, 0.25) is 0 Å². The van der Waals surface area contributed by atoms with Crippen LogP contribution in [-0.2, 0) is 11.2 Å². The summed E-state index contributed by atoms with van der Waals surface area (Å²) in [6.07, 6.45) is 2.35. The van der Waals surface area contributed by atoms with E-state index in [9.17, 15) is 0 Å². The van der Waals surface area contributed by atoms with Crippen molar-refractivity contribution >= 4 is 15.9 Å². The topological polar surface area (TPSA) is 21.3 Å². The van der Waals surface area contributed by atoms with Crippen LogP contribution in [0.3, 0.4) is 0 Å². The van der Waals surface area contributed by atoms with Gasteiger partial charge in [0.1, 0.15) is 0 Å². The molecule has 0 saturated carbocycles. The second kappa shape index (κ2) is 5.30. The largest absolute Gasteiger partial charge is 0.383 e. The van der Waals surface area contributed by atoms with Gasteiger partial charge < -0.3 is 10.1 Å². The minimum absolute atomic E-state index is 0.403. The van der Waals surface area contributed by atoms with Crippen LogP contribution in [0.4, 0.5) is 0 Å². The molecule has 16 heavy (non-hydrogen) atoms. The lowest BCUT2D eigenvalue weighted by Gasteiger charge is -2.19. The number of hydrogen-bond acceptors (Lipinski definition) is 2. The number of halogens is 1. The molecule has 0 saturated heterocycles. The number of hydrogen-bond donors (Lipinski definition) is 1. The highest BCUT2D eigenvalue weighted by atomic mass is 79.9. The van der Waals surface area contributed by atoms with Crippen LogP contribution in [0.15, 0.2) is 22.7 Å². The molecule has 0 fully saturated rings. The van der Waals surface area contributed by atoms with Gasteiger partial charge in [0.25, 0.3) is 0 Å². The molecule has 1 aliphatic carbocycles. The monoisotopic (exact) mass is 283 g/mol. The van der Waals surface area contributed by atoms with E-state index in [1.54, 1.807) is 7.11 Å². The van der Waals surface area contributed by atoms with Crippen LogP contribution >= 0.6 is 15.9 Å². The first kappa shape index (κ1) is 12.1. The smallest absolute Gasteiger partial charge is 0.0613 e. The summed E-state index contributed by atoms with van der Waals surface area (Å²) in [5.41, 5.74) is 2.90. The molecule has 0 aromatic heterocycles. The molecule has 0 spiro atoms. The van der Waals surface area contributed by atoms with E-state index >= 15 is 0 Å². The molecule has 3 heteroatoms. The van der Waals surface area contributed by atoms with Crippen molar-refractivity contribution in [3.8, 4) is 0 Å². The normalized spacial score (nSPS) is 20.8. The van der Waals surface area contributed by atoms with Crippen molar-refractivity contribution in [2.24, 2.45) is 0 Å². The number of ether oxygens (including phenoxy) is 1. The second-order valence-corrected chi connectivity index (χ2v) is 5.28. The third-order valence-electron chi connectivity index (χ3n) is 3.12. The van der Waals surface area contributed by atoms with Gasteiger partial charge in [0.05, 0.1) is 6.61 Å². The van der Waals surface area contributed by atoms with Gasteiger partial charge in [-0.3, -0.25) is 0 Å². The standard InChI is InChI=1S/C13H18BrNO/c1-9(8-16-2)15-13-7-6-10-11(13)4-3-5-12(10)14/h3-5,9,13,15H,6-8H2,1-2H3. The molecule has 0 bridgehead atoms. The second-order valence-electron chi connectivity index (χ2n) is 4.42. The van der Waals surface area contributed by atoms with Gasteiger partial charge in [0.15, 0.2) is 0 Å². The summed E-state index contributed by atoms with van der Waals surface area (Å²) in [6, 6.07) is 7.35. The molecule has 0 radical (unpaired) electrons. The fraction of sp³-hybridized carbons (Fsp3) is 0.538. The Bertz CT molecular complexity index is 367. The maximum Gasteiger partial charge on any atom is 0.0613 e. The van der Waals surface area contributed by atoms with Crippen LogP contribution in [0.25, 0.3) is 0 Å². The predicted octanol–water partition coefficient (Wildman–Crippen LogP) is 3.06. The molecule has 2 unspecified atom stereocenters. The molecular formula is C13H18BrNO. The van der Waals surface area contributed by atoms with E-state index in [0.717, 1.165) is 13.0 Å². The summed E-state index contributed by atoms with van der Waals surface area (Å²) in [5.74, 6) is 0. The summed E-state index contributed by atoms with van der Waals surface area (Å²) < 4.78 is 6.40. The summed E-state index contributed by atoms with van der Waals surface area (Å²) in [6.45, 7) is 2.93. The quantitative estimate of drug-likeness (QED) is 0.917. The number of rotatable bonds is 4. The van der Waals surface area contributed by atoms with Crippen molar-refractivity contribution < 1.29 is 4.74 Å². The van der Waals surface area contributed by atoms with Gasteiger partial charge in [-0.1, -0.05) is 28.1 Å². The van der Waals surface area contributed by atoms with Gasteiger partial charge in [-0.15, -0.1) is 0 Å². The molecular weight excluding hydrogens is 266 g/mol. The predicted molar refractivity (Wildman–Crippen MR) is 69.7 cm³/mol. The van der Waals surface area contributed by atoms with Crippen molar-refractivity contribution in [3.05, 3.63) is 33.8 Å². The third kappa shape index (κ3) is 2.47. The first-order chi connectivity index (χ1) is 7.72. The summed E-state index contributed by atoms with van der Waals surface area (Å²) in [7, 11) is 1.75. The zero-order valence-electron chi connectivity index (χ0n) is 9.79. The molecule has 88 valence electrons. The van der Waals surface area contributed by atoms with Gasteiger partial charge in [-0.25, -0.2) is 0 Å². The molecule has 2 atom stereocenters. The van der Waals surface area contributed by atoms with Crippen LogP contribution in [0, 0.1) is 0 Å².